The number of carbonyl (C=O) groups is 1. The summed E-state index contributed by atoms with van der Waals surface area (Å²) in [5.74, 6) is 0.0541. The number of rotatable bonds is 5. The molecule has 1 rings (SSSR count). The van der Waals surface area contributed by atoms with Gasteiger partial charge in [0, 0.05) is 12.6 Å². The fourth-order valence-electron chi connectivity index (χ4n) is 1.05. The van der Waals surface area contributed by atoms with Crippen molar-refractivity contribution in [3.05, 3.63) is 34.1 Å². The van der Waals surface area contributed by atoms with Crippen LogP contribution in [0.3, 0.4) is 0 Å². The van der Waals surface area contributed by atoms with E-state index >= 15 is 0 Å². The van der Waals surface area contributed by atoms with E-state index in [1.165, 1.54) is 24.3 Å². The second kappa shape index (κ2) is 5.83. The van der Waals surface area contributed by atoms with Gasteiger partial charge in [0.25, 0.3) is 0 Å². The van der Waals surface area contributed by atoms with Crippen molar-refractivity contribution in [2.24, 2.45) is 5.92 Å². The molecular formula is C11H14N2O4. The fourth-order valence-corrected chi connectivity index (χ4v) is 1.05. The van der Waals surface area contributed by atoms with Gasteiger partial charge in [0.15, 0.2) is 0 Å². The first-order valence-electron chi connectivity index (χ1n) is 5.19. The maximum Gasteiger partial charge on any atom is 0.433 e. The van der Waals surface area contributed by atoms with Crippen molar-refractivity contribution in [3.63, 3.8) is 0 Å². The second-order valence-corrected chi connectivity index (χ2v) is 3.91. The lowest BCUT2D eigenvalue weighted by molar-refractivity contribution is -0.402. The minimum absolute atomic E-state index is 0.252. The SMILES string of the molecule is CC(C)CNC(=O)/C=C\c1ccc([N+](=O)[O-])o1. The molecule has 0 aromatic carbocycles. The largest absolute Gasteiger partial charge is 0.433 e. The first-order chi connectivity index (χ1) is 7.99. The van der Waals surface area contributed by atoms with Gasteiger partial charge in [-0.3, -0.25) is 14.9 Å². The first kappa shape index (κ1) is 13.0. The van der Waals surface area contributed by atoms with Crippen LogP contribution in [0.25, 0.3) is 6.08 Å². The summed E-state index contributed by atoms with van der Waals surface area (Å²) in [6, 6.07) is 2.68. The van der Waals surface area contributed by atoms with E-state index in [4.69, 9.17) is 4.42 Å². The molecular weight excluding hydrogens is 224 g/mol. The predicted octanol–water partition coefficient (Wildman–Crippen LogP) is 1.97. The van der Waals surface area contributed by atoms with Gasteiger partial charge in [-0.15, -0.1) is 0 Å². The molecule has 0 saturated carbocycles. The first-order valence-corrected chi connectivity index (χ1v) is 5.19. The van der Waals surface area contributed by atoms with Crippen LogP contribution >= 0.6 is 0 Å². The number of nitro groups is 1. The lowest BCUT2D eigenvalue weighted by Gasteiger charge is -2.03. The highest BCUT2D eigenvalue weighted by Gasteiger charge is 2.09. The zero-order valence-corrected chi connectivity index (χ0v) is 9.67. The Balaban J connectivity index is 2.52. The minimum atomic E-state index is -0.629. The van der Waals surface area contributed by atoms with Gasteiger partial charge in [-0.2, -0.15) is 0 Å². The number of nitrogens with zero attached hydrogens (tertiary/aromatic N) is 1. The molecule has 0 spiro atoms. The van der Waals surface area contributed by atoms with Gasteiger partial charge in [-0.25, -0.2) is 0 Å². The summed E-state index contributed by atoms with van der Waals surface area (Å²) in [6.07, 6.45) is 2.67. The highest BCUT2D eigenvalue weighted by molar-refractivity contribution is 5.91. The number of hydrogen-bond acceptors (Lipinski definition) is 4. The molecule has 1 N–H and O–H groups in total. The molecule has 0 bridgehead atoms. The van der Waals surface area contributed by atoms with Crippen LogP contribution in [0.4, 0.5) is 5.88 Å². The Morgan fingerprint density at radius 1 is 1.59 bits per heavy atom. The number of furan rings is 1. The van der Waals surface area contributed by atoms with Crippen LogP contribution in [0.5, 0.6) is 0 Å². The van der Waals surface area contributed by atoms with Gasteiger partial charge in [0.2, 0.25) is 5.91 Å². The summed E-state index contributed by atoms with van der Waals surface area (Å²) in [7, 11) is 0. The van der Waals surface area contributed by atoms with Crippen molar-refractivity contribution in [1.29, 1.82) is 0 Å². The van der Waals surface area contributed by atoms with E-state index in [0.29, 0.717) is 12.5 Å². The molecule has 0 aliphatic rings. The number of hydrogen-bond donors (Lipinski definition) is 1. The van der Waals surface area contributed by atoms with E-state index in [2.05, 4.69) is 5.32 Å². The van der Waals surface area contributed by atoms with E-state index in [1.54, 1.807) is 0 Å². The van der Waals surface area contributed by atoms with Crippen LogP contribution in [-0.2, 0) is 4.79 Å². The average Bonchev–Trinajstić information content (AvgIpc) is 2.72. The summed E-state index contributed by atoms with van der Waals surface area (Å²) in [5.41, 5.74) is 0. The monoisotopic (exact) mass is 238 g/mol. The summed E-state index contributed by atoms with van der Waals surface area (Å²) in [6.45, 7) is 4.56. The van der Waals surface area contributed by atoms with Crippen LogP contribution < -0.4 is 5.32 Å². The summed E-state index contributed by atoms with van der Waals surface area (Å²) < 4.78 is 4.86. The maximum atomic E-state index is 11.3. The standard InChI is InChI=1S/C11H14N2O4/c1-8(2)7-12-10(14)5-3-9-4-6-11(17-9)13(15)16/h3-6,8H,7H2,1-2H3,(H,12,14)/b5-3-. The molecule has 6 heteroatoms. The summed E-state index contributed by atoms with van der Waals surface area (Å²) in [4.78, 5) is 21.0. The van der Waals surface area contributed by atoms with Crippen LogP contribution in [0, 0.1) is 16.0 Å². The van der Waals surface area contributed by atoms with Crippen molar-refractivity contribution in [2.45, 2.75) is 13.8 Å². The van der Waals surface area contributed by atoms with Gasteiger partial charge in [0.05, 0.1) is 6.07 Å². The highest BCUT2D eigenvalue weighted by Crippen LogP contribution is 2.16. The number of carbonyl (C=O) groups excluding carboxylic acids is 1. The molecule has 0 unspecified atom stereocenters. The predicted molar refractivity (Wildman–Crippen MR) is 62.2 cm³/mol. The number of nitrogens with one attached hydrogen (secondary N) is 1. The quantitative estimate of drug-likeness (QED) is 0.482. The second-order valence-electron chi connectivity index (χ2n) is 3.91. The third-order valence-corrected chi connectivity index (χ3v) is 1.88. The van der Waals surface area contributed by atoms with Crippen molar-refractivity contribution in [2.75, 3.05) is 6.54 Å². The Morgan fingerprint density at radius 2 is 2.29 bits per heavy atom. The van der Waals surface area contributed by atoms with Crippen LogP contribution in [0.1, 0.15) is 19.6 Å². The Morgan fingerprint density at radius 3 is 2.82 bits per heavy atom. The third kappa shape index (κ3) is 4.50. The van der Waals surface area contributed by atoms with Crippen molar-refractivity contribution >= 4 is 17.9 Å². The minimum Gasteiger partial charge on any atom is -0.401 e. The Hall–Kier alpha value is -2.11. The summed E-state index contributed by atoms with van der Waals surface area (Å²) >= 11 is 0. The molecule has 0 fully saturated rings. The smallest absolute Gasteiger partial charge is 0.401 e. The molecule has 1 heterocycles. The Labute approximate surface area is 98.5 Å². The normalized spacial score (nSPS) is 11.0. The topological polar surface area (TPSA) is 85.4 Å². The van der Waals surface area contributed by atoms with Crippen molar-refractivity contribution in [3.8, 4) is 0 Å². The fraction of sp³-hybridized carbons (Fsp3) is 0.364. The maximum absolute atomic E-state index is 11.3. The van der Waals surface area contributed by atoms with Gasteiger partial charge >= 0.3 is 5.88 Å². The molecule has 6 nitrogen and oxygen atoms in total. The van der Waals surface area contributed by atoms with Gasteiger partial charge in [-0.1, -0.05) is 13.8 Å². The molecule has 1 aromatic heterocycles. The lowest BCUT2D eigenvalue weighted by atomic mass is 10.2. The van der Waals surface area contributed by atoms with Crippen molar-refractivity contribution < 1.29 is 14.1 Å². The van der Waals surface area contributed by atoms with E-state index < -0.39 is 4.92 Å². The molecule has 17 heavy (non-hydrogen) atoms. The molecule has 92 valence electrons. The van der Waals surface area contributed by atoms with Crippen LogP contribution in [0.15, 0.2) is 22.6 Å². The molecule has 0 atom stereocenters. The van der Waals surface area contributed by atoms with E-state index in [0.717, 1.165) is 0 Å². The van der Waals surface area contributed by atoms with E-state index in [-0.39, 0.29) is 17.6 Å². The molecule has 0 saturated heterocycles. The molecule has 0 aliphatic carbocycles. The van der Waals surface area contributed by atoms with Crippen LogP contribution in [-0.4, -0.2) is 17.4 Å². The summed E-state index contributed by atoms with van der Waals surface area (Å²) in [5, 5.41) is 13.0. The van der Waals surface area contributed by atoms with E-state index in [1.807, 2.05) is 13.8 Å². The number of amides is 1. The molecule has 1 aromatic rings. The average molecular weight is 238 g/mol. The van der Waals surface area contributed by atoms with Gasteiger partial charge in [0.1, 0.15) is 10.7 Å². The third-order valence-electron chi connectivity index (χ3n) is 1.88. The zero-order valence-electron chi connectivity index (χ0n) is 9.67. The molecule has 0 radical (unpaired) electrons. The molecule has 1 amide bonds. The zero-order chi connectivity index (χ0) is 12.8. The Bertz CT molecular complexity index is 434. The molecule has 0 aliphatic heterocycles. The lowest BCUT2D eigenvalue weighted by Crippen LogP contribution is -2.25. The van der Waals surface area contributed by atoms with Crippen molar-refractivity contribution in [1.82, 2.24) is 5.32 Å². The van der Waals surface area contributed by atoms with Gasteiger partial charge in [-0.05, 0) is 18.1 Å². The Kier molecular flexibility index (Phi) is 4.45. The van der Waals surface area contributed by atoms with Gasteiger partial charge < -0.3 is 9.73 Å². The highest BCUT2D eigenvalue weighted by atomic mass is 16.6. The van der Waals surface area contributed by atoms with E-state index in [9.17, 15) is 14.9 Å². The van der Waals surface area contributed by atoms with Crippen LogP contribution in [0.2, 0.25) is 0 Å².